The number of fused-ring (bicyclic) bond motifs is 1. The van der Waals surface area contributed by atoms with E-state index < -0.39 is 11.7 Å². The molecule has 162 valence electrons. The first kappa shape index (κ1) is 21.5. The summed E-state index contributed by atoms with van der Waals surface area (Å²) in [5, 5.41) is 3.12. The molecule has 2 aromatic carbocycles. The molecule has 2 heterocycles. The van der Waals surface area contributed by atoms with Crippen LogP contribution in [0.15, 0.2) is 72.9 Å². The van der Waals surface area contributed by atoms with Crippen molar-refractivity contribution in [2.24, 2.45) is 0 Å². The van der Waals surface area contributed by atoms with Gasteiger partial charge in [-0.1, -0.05) is 41.9 Å². The van der Waals surface area contributed by atoms with E-state index in [9.17, 15) is 9.59 Å². The smallest absolute Gasteiger partial charge is 0.294 e. The van der Waals surface area contributed by atoms with Crippen LogP contribution in [0.2, 0.25) is 5.02 Å². The number of amides is 1. The fraction of sp³-hybridized carbons (Fsp3) is 0.120. The van der Waals surface area contributed by atoms with Gasteiger partial charge in [0, 0.05) is 29.4 Å². The Labute approximate surface area is 190 Å². The highest BCUT2D eigenvalue weighted by Crippen LogP contribution is 2.34. The van der Waals surface area contributed by atoms with Crippen molar-refractivity contribution < 1.29 is 19.1 Å². The maximum Gasteiger partial charge on any atom is 0.294 e. The standard InChI is InChI=1S/C25H21ClN2O4/c1-31-21-9-4-3-7-17(21)15-27-25(30)24(29)23-19(14-18-8-5-6-12-28(18)23)16-10-11-22(32-2)20(26)13-16/h3-14H,15H2,1-2H3,(H,27,30). The zero-order chi connectivity index (χ0) is 22.7. The fourth-order valence-electron chi connectivity index (χ4n) is 3.62. The number of halogens is 1. The van der Waals surface area contributed by atoms with Gasteiger partial charge < -0.3 is 19.2 Å². The second-order valence-corrected chi connectivity index (χ2v) is 7.48. The number of benzene rings is 2. The van der Waals surface area contributed by atoms with Gasteiger partial charge in [-0.3, -0.25) is 9.59 Å². The lowest BCUT2D eigenvalue weighted by Gasteiger charge is -2.11. The lowest BCUT2D eigenvalue weighted by atomic mass is 10.0. The number of carbonyl (C=O) groups is 2. The Bertz CT molecular complexity index is 1310. The van der Waals surface area contributed by atoms with Crippen molar-refractivity contribution in [3.63, 3.8) is 0 Å². The second kappa shape index (κ2) is 9.16. The summed E-state index contributed by atoms with van der Waals surface area (Å²) in [5.74, 6) is -0.183. The van der Waals surface area contributed by atoms with E-state index in [4.69, 9.17) is 21.1 Å². The van der Waals surface area contributed by atoms with Crippen molar-refractivity contribution in [2.75, 3.05) is 14.2 Å². The van der Waals surface area contributed by atoms with E-state index in [-0.39, 0.29) is 12.2 Å². The van der Waals surface area contributed by atoms with Crippen molar-refractivity contribution in [2.45, 2.75) is 6.54 Å². The molecule has 32 heavy (non-hydrogen) atoms. The van der Waals surface area contributed by atoms with Gasteiger partial charge in [-0.05, 0) is 42.0 Å². The van der Waals surface area contributed by atoms with Gasteiger partial charge in [0.1, 0.15) is 17.2 Å². The monoisotopic (exact) mass is 448 g/mol. The fourth-order valence-corrected chi connectivity index (χ4v) is 3.88. The third kappa shape index (κ3) is 4.05. The average Bonchev–Trinajstić information content (AvgIpc) is 3.21. The van der Waals surface area contributed by atoms with Crippen LogP contribution in [0.25, 0.3) is 16.6 Å². The second-order valence-electron chi connectivity index (χ2n) is 7.08. The molecule has 7 heteroatoms. The third-order valence-corrected chi connectivity index (χ3v) is 5.49. The molecule has 2 aromatic heterocycles. The predicted octanol–water partition coefficient (Wildman–Crippen LogP) is 4.78. The Morgan fingerprint density at radius 2 is 1.69 bits per heavy atom. The quantitative estimate of drug-likeness (QED) is 0.326. The van der Waals surface area contributed by atoms with Crippen LogP contribution >= 0.6 is 11.6 Å². The van der Waals surface area contributed by atoms with Gasteiger partial charge in [-0.15, -0.1) is 0 Å². The zero-order valence-electron chi connectivity index (χ0n) is 17.6. The maximum atomic E-state index is 13.3. The van der Waals surface area contributed by atoms with Crippen molar-refractivity contribution in [1.29, 1.82) is 0 Å². The molecule has 0 spiro atoms. The van der Waals surface area contributed by atoms with E-state index >= 15 is 0 Å². The molecule has 0 saturated heterocycles. The van der Waals surface area contributed by atoms with Gasteiger partial charge in [0.25, 0.3) is 11.7 Å². The molecule has 6 nitrogen and oxygen atoms in total. The summed E-state index contributed by atoms with van der Waals surface area (Å²) in [4.78, 5) is 26.1. The van der Waals surface area contributed by atoms with Crippen molar-refractivity contribution in [1.82, 2.24) is 9.72 Å². The number of aromatic nitrogens is 1. The minimum Gasteiger partial charge on any atom is -0.496 e. The number of hydrogen-bond donors (Lipinski definition) is 1. The SMILES string of the molecule is COc1ccc(-c2cc3ccccn3c2C(=O)C(=O)NCc2ccccc2OC)cc1Cl. The van der Waals surface area contributed by atoms with Crippen molar-refractivity contribution >= 4 is 28.8 Å². The summed E-state index contributed by atoms with van der Waals surface area (Å²) in [6.45, 7) is 0.168. The highest BCUT2D eigenvalue weighted by molar-refractivity contribution is 6.43. The number of methoxy groups -OCH3 is 2. The summed E-state index contributed by atoms with van der Waals surface area (Å²) in [5.41, 5.74) is 3.14. The molecule has 1 amide bonds. The van der Waals surface area contributed by atoms with Gasteiger partial charge in [0.15, 0.2) is 0 Å². The Morgan fingerprint density at radius 3 is 2.44 bits per heavy atom. The molecular weight excluding hydrogens is 428 g/mol. The van der Waals surface area contributed by atoms with E-state index in [1.807, 2.05) is 42.5 Å². The topological polar surface area (TPSA) is 69.0 Å². The molecule has 0 aliphatic heterocycles. The number of nitrogens with one attached hydrogen (secondary N) is 1. The van der Waals surface area contributed by atoms with Crippen molar-refractivity contribution in [3.05, 3.63) is 89.2 Å². The Balaban J connectivity index is 1.69. The molecule has 0 aliphatic rings. The molecular formula is C25H21ClN2O4. The molecule has 1 N–H and O–H groups in total. The number of para-hydroxylation sites is 1. The van der Waals surface area contributed by atoms with Gasteiger partial charge >= 0.3 is 0 Å². The molecule has 4 aromatic rings. The molecule has 0 bridgehead atoms. The van der Waals surface area contributed by atoms with Crippen LogP contribution in [0.3, 0.4) is 0 Å². The third-order valence-electron chi connectivity index (χ3n) is 5.20. The van der Waals surface area contributed by atoms with Gasteiger partial charge in [0.2, 0.25) is 0 Å². The number of pyridine rings is 1. The van der Waals surface area contributed by atoms with Crippen LogP contribution < -0.4 is 14.8 Å². The van der Waals surface area contributed by atoms with Crippen LogP contribution in [0, 0.1) is 0 Å². The first-order valence-corrected chi connectivity index (χ1v) is 10.3. The lowest BCUT2D eigenvalue weighted by Crippen LogP contribution is -2.31. The van der Waals surface area contributed by atoms with E-state index in [1.165, 1.54) is 7.11 Å². The summed E-state index contributed by atoms with van der Waals surface area (Å²) < 4.78 is 12.2. The Morgan fingerprint density at radius 1 is 0.938 bits per heavy atom. The number of carbonyl (C=O) groups excluding carboxylic acids is 2. The minimum absolute atomic E-state index is 0.168. The summed E-state index contributed by atoms with van der Waals surface area (Å²) in [6, 6.07) is 20.0. The largest absolute Gasteiger partial charge is 0.496 e. The van der Waals surface area contributed by atoms with Crippen LogP contribution in [-0.2, 0) is 11.3 Å². The van der Waals surface area contributed by atoms with E-state index in [0.29, 0.717) is 27.6 Å². The molecule has 0 saturated carbocycles. The number of ketones is 1. The summed E-state index contributed by atoms with van der Waals surface area (Å²) in [6.07, 6.45) is 1.75. The van der Waals surface area contributed by atoms with Crippen LogP contribution in [0.5, 0.6) is 11.5 Å². The molecule has 0 fully saturated rings. The number of nitrogens with zero attached hydrogens (tertiary/aromatic N) is 1. The van der Waals surface area contributed by atoms with Gasteiger partial charge in [-0.2, -0.15) is 0 Å². The average molecular weight is 449 g/mol. The molecule has 4 rings (SSSR count). The molecule has 0 radical (unpaired) electrons. The normalized spacial score (nSPS) is 10.7. The van der Waals surface area contributed by atoms with Gasteiger partial charge in [-0.25, -0.2) is 0 Å². The Hall–Kier alpha value is -3.77. The summed E-state index contributed by atoms with van der Waals surface area (Å²) >= 11 is 6.31. The first-order valence-electron chi connectivity index (χ1n) is 9.92. The highest BCUT2D eigenvalue weighted by Gasteiger charge is 2.25. The number of ether oxygens (including phenoxy) is 2. The lowest BCUT2D eigenvalue weighted by molar-refractivity contribution is -0.117. The first-order chi connectivity index (χ1) is 15.5. The highest BCUT2D eigenvalue weighted by atomic mass is 35.5. The van der Waals surface area contributed by atoms with Crippen molar-refractivity contribution in [3.8, 4) is 22.6 Å². The van der Waals surface area contributed by atoms with Crippen LogP contribution in [-0.4, -0.2) is 30.3 Å². The Kier molecular flexibility index (Phi) is 6.14. The minimum atomic E-state index is -0.708. The van der Waals surface area contributed by atoms with Crippen LogP contribution in [0.1, 0.15) is 16.1 Å². The van der Waals surface area contributed by atoms with Crippen LogP contribution in [0.4, 0.5) is 0 Å². The number of rotatable bonds is 7. The zero-order valence-corrected chi connectivity index (χ0v) is 18.3. The van der Waals surface area contributed by atoms with E-state index in [2.05, 4.69) is 5.32 Å². The number of Topliss-reactive ketones (excluding diaryl/α,β-unsaturated/α-hetero) is 1. The number of hydrogen-bond acceptors (Lipinski definition) is 4. The van der Waals surface area contributed by atoms with Gasteiger partial charge in [0.05, 0.1) is 19.2 Å². The maximum absolute atomic E-state index is 13.3. The molecule has 0 aliphatic carbocycles. The summed E-state index contributed by atoms with van der Waals surface area (Å²) in [7, 11) is 3.10. The van der Waals surface area contributed by atoms with E-state index in [1.54, 1.807) is 42.0 Å². The molecule has 0 atom stereocenters. The predicted molar refractivity (Wildman–Crippen MR) is 124 cm³/mol. The van der Waals surface area contributed by atoms with E-state index in [0.717, 1.165) is 11.1 Å². The molecule has 0 unspecified atom stereocenters.